The summed E-state index contributed by atoms with van der Waals surface area (Å²) in [6.07, 6.45) is 2.99. The van der Waals surface area contributed by atoms with Crippen LogP contribution < -0.4 is 5.73 Å². The van der Waals surface area contributed by atoms with Gasteiger partial charge in [-0.15, -0.1) is 5.10 Å². The number of halogens is 2. The van der Waals surface area contributed by atoms with Crippen molar-refractivity contribution in [3.05, 3.63) is 23.8 Å². The van der Waals surface area contributed by atoms with Crippen molar-refractivity contribution in [2.75, 3.05) is 12.3 Å². The number of aromatic nitrogens is 4. The van der Waals surface area contributed by atoms with Crippen molar-refractivity contribution in [2.45, 2.75) is 31.9 Å². The molecule has 0 radical (unpaired) electrons. The van der Waals surface area contributed by atoms with Gasteiger partial charge in [0.2, 0.25) is 0 Å². The number of anilines is 1. The average molecular weight is 295 g/mol. The lowest BCUT2D eigenvalue weighted by Gasteiger charge is -2.10. The molecule has 6 nitrogen and oxygen atoms in total. The smallest absolute Gasteiger partial charge is 0.185 e. The standard InChI is InChI=1S/C13H15F2N5O/c14-10-7-11(15)12(16)6-9(10)13-17-18-19-20(13)4-3-8-2-1-5-21-8/h6-8H,1-5,16H2. The van der Waals surface area contributed by atoms with E-state index in [1.54, 1.807) is 0 Å². The molecular formula is C13H15F2N5O. The Morgan fingerprint density at radius 1 is 1.33 bits per heavy atom. The van der Waals surface area contributed by atoms with E-state index in [1.165, 1.54) is 10.7 Å². The Morgan fingerprint density at radius 3 is 2.95 bits per heavy atom. The van der Waals surface area contributed by atoms with Crippen LogP contribution in [0.4, 0.5) is 14.5 Å². The van der Waals surface area contributed by atoms with Crippen LogP contribution in [0, 0.1) is 11.6 Å². The summed E-state index contributed by atoms with van der Waals surface area (Å²) in [5.74, 6) is -1.30. The molecule has 3 rings (SSSR count). The minimum absolute atomic E-state index is 0.0891. The minimum Gasteiger partial charge on any atom is -0.396 e. The summed E-state index contributed by atoms with van der Waals surface area (Å²) in [6.45, 7) is 1.28. The number of benzene rings is 1. The normalized spacial score (nSPS) is 18.3. The molecule has 0 saturated carbocycles. The molecular weight excluding hydrogens is 280 g/mol. The maximum absolute atomic E-state index is 13.9. The van der Waals surface area contributed by atoms with Crippen LogP contribution in [-0.2, 0) is 11.3 Å². The predicted molar refractivity (Wildman–Crippen MR) is 71.2 cm³/mol. The third-order valence-electron chi connectivity index (χ3n) is 3.55. The molecule has 0 spiro atoms. The van der Waals surface area contributed by atoms with E-state index in [9.17, 15) is 8.78 Å². The van der Waals surface area contributed by atoms with E-state index in [-0.39, 0.29) is 23.2 Å². The topological polar surface area (TPSA) is 78.9 Å². The van der Waals surface area contributed by atoms with Crippen molar-refractivity contribution in [3.63, 3.8) is 0 Å². The zero-order valence-electron chi connectivity index (χ0n) is 11.3. The number of aryl methyl sites for hydroxylation is 1. The van der Waals surface area contributed by atoms with Crippen LogP contribution in [0.2, 0.25) is 0 Å². The van der Waals surface area contributed by atoms with Gasteiger partial charge in [-0.25, -0.2) is 13.5 Å². The number of nitrogens with two attached hydrogens (primary N) is 1. The molecule has 1 aliphatic heterocycles. The third-order valence-corrected chi connectivity index (χ3v) is 3.55. The highest BCUT2D eigenvalue weighted by atomic mass is 19.1. The number of tetrazole rings is 1. The molecule has 2 heterocycles. The zero-order valence-corrected chi connectivity index (χ0v) is 11.3. The molecule has 1 saturated heterocycles. The highest BCUT2D eigenvalue weighted by Gasteiger charge is 2.19. The predicted octanol–water partition coefficient (Wildman–Crippen LogP) is 1.77. The number of nitrogens with zero attached hydrogens (tertiary/aromatic N) is 4. The van der Waals surface area contributed by atoms with Crippen molar-refractivity contribution in [2.24, 2.45) is 0 Å². The molecule has 1 aromatic carbocycles. The van der Waals surface area contributed by atoms with Crippen molar-refractivity contribution < 1.29 is 13.5 Å². The zero-order chi connectivity index (χ0) is 14.8. The van der Waals surface area contributed by atoms with Gasteiger partial charge in [-0.2, -0.15) is 0 Å². The number of ether oxygens (including phenoxy) is 1. The number of hydrogen-bond donors (Lipinski definition) is 1. The van der Waals surface area contributed by atoms with Gasteiger partial charge in [-0.05, 0) is 35.8 Å². The summed E-state index contributed by atoms with van der Waals surface area (Å²) in [7, 11) is 0. The minimum atomic E-state index is -0.797. The number of hydrogen-bond acceptors (Lipinski definition) is 5. The highest BCUT2D eigenvalue weighted by molar-refractivity contribution is 5.62. The van der Waals surface area contributed by atoms with Crippen LogP contribution in [0.3, 0.4) is 0 Å². The van der Waals surface area contributed by atoms with Gasteiger partial charge in [0.1, 0.15) is 11.6 Å². The summed E-state index contributed by atoms with van der Waals surface area (Å²) in [5, 5.41) is 11.2. The Bertz CT molecular complexity index is 639. The van der Waals surface area contributed by atoms with Crippen molar-refractivity contribution in [3.8, 4) is 11.4 Å². The largest absolute Gasteiger partial charge is 0.396 e. The monoisotopic (exact) mass is 295 g/mol. The molecule has 2 N–H and O–H groups in total. The Labute approximate surface area is 119 Å². The van der Waals surface area contributed by atoms with E-state index in [2.05, 4.69) is 15.5 Å². The Morgan fingerprint density at radius 2 is 2.19 bits per heavy atom. The molecule has 0 aliphatic carbocycles. The second-order valence-electron chi connectivity index (χ2n) is 5.00. The fourth-order valence-corrected chi connectivity index (χ4v) is 2.42. The quantitative estimate of drug-likeness (QED) is 0.870. The second kappa shape index (κ2) is 5.72. The average Bonchev–Trinajstić information content (AvgIpc) is 3.11. The maximum Gasteiger partial charge on any atom is 0.185 e. The Balaban J connectivity index is 1.83. The van der Waals surface area contributed by atoms with Gasteiger partial charge in [0.25, 0.3) is 0 Å². The second-order valence-corrected chi connectivity index (χ2v) is 5.00. The molecule has 8 heteroatoms. The molecule has 1 atom stereocenters. The molecule has 0 bridgehead atoms. The molecule has 1 unspecified atom stereocenters. The van der Waals surface area contributed by atoms with Crippen LogP contribution in [0.5, 0.6) is 0 Å². The van der Waals surface area contributed by atoms with E-state index in [0.29, 0.717) is 6.54 Å². The van der Waals surface area contributed by atoms with E-state index in [0.717, 1.165) is 31.9 Å². The SMILES string of the molecule is Nc1cc(-c2nnnn2CCC2CCCO2)c(F)cc1F. The van der Waals surface area contributed by atoms with E-state index in [4.69, 9.17) is 10.5 Å². The number of nitrogen functional groups attached to an aromatic ring is 1. The van der Waals surface area contributed by atoms with Crippen LogP contribution in [0.25, 0.3) is 11.4 Å². The van der Waals surface area contributed by atoms with E-state index < -0.39 is 11.6 Å². The summed E-state index contributed by atoms with van der Waals surface area (Å²) >= 11 is 0. The lowest BCUT2D eigenvalue weighted by atomic mass is 10.1. The van der Waals surface area contributed by atoms with Gasteiger partial charge in [0.15, 0.2) is 5.82 Å². The van der Waals surface area contributed by atoms with E-state index in [1.807, 2.05) is 0 Å². The highest BCUT2D eigenvalue weighted by Crippen LogP contribution is 2.25. The molecule has 1 aliphatic rings. The Hall–Kier alpha value is -2.09. The van der Waals surface area contributed by atoms with Crippen LogP contribution in [0.1, 0.15) is 19.3 Å². The van der Waals surface area contributed by atoms with Crippen molar-refractivity contribution in [1.29, 1.82) is 0 Å². The lowest BCUT2D eigenvalue weighted by Crippen LogP contribution is -2.12. The Kier molecular flexibility index (Phi) is 3.78. The number of rotatable bonds is 4. The van der Waals surface area contributed by atoms with Gasteiger partial charge < -0.3 is 10.5 Å². The van der Waals surface area contributed by atoms with Crippen LogP contribution in [-0.4, -0.2) is 32.9 Å². The van der Waals surface area contributed by atoms with Crippen molar-refractivity contribution in [1.82, 2.24) is 20.2 Å². The summed E-state index contributed by atoms with van der Waals surface area (Å²) in [5.41, 5.74) is 5.43. The van der Waals surface area contributed by atoms with Gasteiger partial charge in [0, 0.05) is 19.2 Å². The first-order valence-electron chi connectivity index (χ1n) is 6.78. The lowest BCUT2D eigenvalue weighted by molar-refractivity contribution is 0.0994. The van der Waals surface area contributed by atoms with E-state index >= 15 is 0 Å². The molecule has 0 amide bonds. The summed E-state index contributed by atoms with van der Waals surface area (Å²) < 4.78 is 34.1. The summed E-state index contributed by atoms with van der Waals surface area (Å²) in [4.78, 5) is 0. The first-order chi connectivity index (χ1) is 10.1. The fraction of sp³-hybridized carbons (Fsp3) is 0.462. The molecule has 21 heavy (non-hydrogen) atoms. The van der Waals surface area contributed by atoms with Crippen molar-refractivity contribution >= 4 is 5.69 Å². The maximum atomic E-state index is 13.9. The third kappa shape index (κ3) is 2.85. The summed E-state index contributed by atoms with van der Waals surface area (Å²) in [6, 6.07) is 1.95. The van der Waals surface area contributed by atoms with Crippen LogP contribution in [0.15, 0.2) is 12.1 Å². The van der Waals surface area contributed by atoms with Crippen LogP contribution >= 0.6 is 0 Å². The van der Waals surface area contributed by atoms with Gasteiger partial charge in [-0.3, -0.25) is 0 Å². The van der Waals surface area contributed by atoms with Gasteiger partial charge in [-0.1, -0.05) is 0 Å². The first-order valence-corrected chi connectivity index (χ1v) is 6.78. The molecule has 112 valence electrons. The molecule has 1 aromatic heterocycles. The molecule has 2 aromatic rings. The van der Waals surface area contributed by atoms with Gasteiger partial charge >= 0.3 is 0 Å². The first kappa shape index (κ1) is 13.9. The van der Waals surface area contributed by atoms with Gasteiger partial charge in [0.05, 0.1) is 17.4 Å². The fourth-order valence-electron chi connectivity index (χ4n) is 2.42. The molecule has 1 fully saturated rings.